The van der Waals surface area contributed by atoms with E-state index in [0.29, 0.717) is 17.7 Å². The molecule has 1 fully saturated rings. The molecule has 5 nitrogen and oxygen atoms in total. The Hall–Kier alpha value is -1.24. The molecule has 0 bridgehead atoms. The molecule has 1 aromatic carbocycles. The first-order valence-corrected chi connectivity index (χ1v) is 9.00. The first kappa shape index (κ1) is 17.1. The van der Waals surface area contributed by atoms with E-state index in [-0.39, 0.29) is 25.4 Å². The van der Waals surface area contributed by atoms with E-state index in [9.17, 15) is 13.2 Å². The van der Waals surface area contributed by atoms with E-state index in [2.05, 4.69) is 0 Å². The Balaban J connectivity index is 2.43. The van der Waals surface area contributed by atoms with Gasteiger partial charge in [0.05, 0.1) is 16.2 Å². The Kier molecular flexibility index (Phi) is 5.04. The summed E-state index contributed by atoms with van der Waals surface area (Å²) in [6, 6.07) is 6.91. The second-order valence-electron chi connectivity index (χ2n) is 5.84. The maximum Gasteiger partial charge on any atom is 0.184 e. The molecule has 2 atom stereocenters. The van der Waals surface area contributed by atoms with Crippen LogP contribution in [0.5, 0.6) is 0 Å². The van der Waals surface area contributed by atoms with Gasteiger partial charge < -0.3 is 10.5 Å². The van der Waals surface area contributed by atoms with Gasteiger partial charge in [0.15, 0.2) is 15.6 Å². The molecule has 1 saturated heterocycles. The first-order valence-electron chi connectivity index (χ1n) is 7.52. The summed E-state index contributed by atoms with van der Waals surface area (Å²) in [6.07, 6.45) is 0.295. The van der Waals surface area contributed by atoms with Crippen LogP contribution in [0.15, 0.2) is 29.2 Å². The molecule has 1 aliphatic heterocycles. The molecular weight excluding hydrogens is 302 g/mol. The number of carbonyl (C=O) groups excluding carboxylic acids is 1. The van der Waals surface area contributed by atoms with Crippen LogP contribution in [0.3, 0.4) is 0 Å². The second-order valence-corrected chi connectivity index (χ2v) is 8.18. The van der Waals surface area contributed by atoms with Gasteiger partial charge >= 0.3 is 0 Å². The quantitative estimate of drug-likeness (QED) is 0.889. The summed E-state index contributed by atoms with van der Waals surface area (Å²) < 4.78 is 30.8. The summed E-state index contributed by atoms with van der Waals surface area (Å²) in [4.78, 5) is 12.2. The van der Waals surface area contributed by atoms with Crippen molar-refractivity contribution < 1.29 is 17.9 Å². The van der Waals surface area contributed by atoms with Crippen LogP contribution >= 0.6 is 0 Å². The highest BCUT2D eigenvalue weighted by Gasteiger charge is 2.48. The highest BCUT2D eigenvalue weighted by Crippen LogP contribution is 2.39. The average Bonchev–Trinajstić information content (AvgIpc) is 2.53. The lowest BCUT2D eigenvalue weighted by Crippen LogP contribution is -2.49. The molecule has 0 spiro atoms. The monoisotopic (exact) mass is 325 g/mol. The molecular formula is C16H23NO4S. The van der Waals surface area contributed by atoms with Gasteiger partial charge in [-0.3, -0.25) is 4.79 Å². The Morgan fingerprint density at radius 1 is 1.45 bits per heavy atom. The van der Waals surface area contributed by atoms with Crippen LogP contribution in [0.4, 0.5) is 0 Å². The van der Waals surface area contributed by atoms with E-state index < -0.39 is 20.7 Å². The Morgan fingerprint density at radius 3 is 2.77 bits per heavy atom. The number of rotatable bonds is 5. The molecule has 0 aliphatic carbocycles. The molecule has 122 valence electrons. The molecule has 2 rings (SSSR count). The molecule has 22 heavy (non-hydrogen) atoms. The van der Waals surface area contributed by atoms with E-state index >= 15 is 0 Å². The normalized spacial score (nSPS) is 25.9. The van der Waals surface area contributed by atoms with Crippen LogP contribution in [-0.4, -0.2) is 38.2 Å². The van der Waals surface area contributed by atoms with Crippen molar-refractivity contribution in [2.45, 2.75) is 48.9 Å². The maximum atomic E-state index is 13.2. The van der Waals surface area contributed by atoms with Gasteiger partial charge in [-0.15, -0.1) is 0 Å². The van der Waals surface area contributed by atoms with Crippen molar-refractivity contribution in [1.82, 2.24) is 0 Å². The topological polar surface area (TPSA) is 86.5 Å². The number of aryl methyl sites for hydroxylation is 1. The number of sulfone groups is 1. The van der Waals surface area contributed by atoms with E-state index in [0.717, 1.165) is 5.56 Å². The molecule has 0 radical (unpaired) electrons. The van der Waals surface area contributed by atoms with Gasteiger partial charge in [0, 0.05) is 13.0 Å². The zero-order chi connectivity index (χ0) is 16.4. The minimum absolute atomic E-state index is 0.130. The zero-order valence-electron chi connectivity index (χ0n) is 13.0. The number of hydrogen-bond acceptors (Lipinski definition) is 5. The zero-order valence-corrected chi connectivity index (χ0v) is 13.9. The van der Waals surface area contributed by atoms with Crippen LogP contribution in [0.2, 0.25) is 0 Å². The lowest BCUT2D eigenvalue weighted by molar-refractivity contribution is -0.132. The largest absolute Gasteiger partial charge is 0.370 e. The van der Waals surface area contributed by atoms with Crippen LogP contribution < -0.4 is 5.73 Å². The minimum atomic E-state index is -3.54. The Morgan fingerprint density at radius 2 is 2.18 bits per heavy atom. The number of hydrogen-bond donors (Lipinski definition) is 1. The third kappa shape index (κ3) is 2.95. The Bertz CT molecular complexity index is 656. The summed E-state index contributed by atoms with van der Waals surface area (Å²) in [5.74, 6) is -0.239. The first-order chi connectivity index (χ1) is 10.4. The number of nitrogens with two attached hydrogens (primary N) is 1. The summed E-state index contributed by atoms with van der Waals surface area (Å²) >= 11 is 0. The number of Topliss-reactive ketones (excluding diaryl/α,β-unsaturated/α-hetero) is 1. The molecule has 2 N–H and O–H groups in total. The summed E-state index contributed by atoms with van der Waals surface area (Å²) in [5.41, 5.74) is 6.29. The predicted octanol–water partition coefficient (Wildman–Crippen LogP) is 1.62. The Labute approximate surface area is 131 Å². The van der Waals surface area contributed by atoms with Gasteiger partial charge in [-0.25, -0.2) is 8.42 Å². The van der Waals surface area contributed by atoms with E-state index in [1.807, 2.05) is 19.9 Å². The standard InChI is InChI=1S/C16H23NO4S/c1-3-16(7-8-21-15(10-16)14(18)11-17)22(19,20)13-6-4-5-12(2)9-13/h4-6,9,15H,3,7-8,10-11,17H2,1-2H3. The summed E-state index contributed by atoms with van der Waals surface area (Å²) in [6.45, 7) is 3.84. The van der Waals surface area contributed by atoms with Crippen molar-refractivity contribution in [3.05, 3.63) is 29.8 Å². The number of carbonyl (C=O) groups is 1. The molecule has 1 aromatic rings. The highest BCUT2D eigenvalue weighted by molar-refractivity contribution is 7.92. The molecule has 1 aliphatic rings. The fourth-order valence-corrected chi connectivity index (χ4v) is 5.21. The van der Waals surface area contributed by atoms with Crippen molar-refractivity contribution in [3.63, 3.8) is 0 Å². The molecule has 2 unspecified atom stereocenters. The third-order valence-corrected chi connectivity index (χ3v) is 7.18. The third-order valence-electron chi connectivity index (χ3n) is 4.51. The number of ether oxygens (including phenoxy) is 1. The SMILES string of the molecule is CCC1(S(=O)(=O)c2cccc(C)c2)CCOC(C(=O)CN)C1. The smallest absolute Gasteiger partial charge is 0.184 e. The highest BCUT2D eigenvalue weighted by atomic mass is 32.2. The fraction of sp³-hybridized carbons (Fsp3) is 0.562. The van der Waals surface area contributed by atoms with Crippen molar-refractivity contribution in [3.8, 4) is 0 Å². The van der Waals surface area contributed by atoms with Crippen molar-refractivity contribution in [2.24, 2.45) is 5.73 Å². The van der Waals surface area contributed by atoms with Crippen molar-refractivity contribution in [2.75, 3.05) is 13.2 Å². The van der Waals surface area contributed by atoms with Gasteiger partial charge in [-0.05, 0) is 37.5 Å². The van der Waals surface area contributed by atoms with Crippen molar-refractivity contribution >= 4 is 15.6 Å². The maximum absolute atomic E-state index is 13.2. The summed E-state index contributed by atoms with van der Waals surface area (Å²) in [5, 5.41) is 0. The molecule has 1 heterocycles. The number of benzene rings is 1. The van der Waals surface area contributed by atoms with Gasteiger partial charge in [0.1, 0.15) is 6.10 Å². The lowest BCUT2D eigenvalue weighted by atomic mass is 9.90. The van der Waals surface area contributed by atoms with E-state index in [4.69, 9.17) is 10.5 Å². The molecule has 6 heteroatoms. The van der Waals surface area contributed by atoms with Crippen LogP contribution in [0, 0.1) is 6.92 Å². The van der Waals surface area contributed by atoms with Crippen LogP contribution in [0.25, 0.3) is 0 Å². The lowest BCUT2D eigenvalue weighted by Gasteiger charge is -2.39. The predicted molar refractivity (Wildman–Crippen MR) is 84.4 cm³/mol. The molecule has 0 saturated carbocycles. The van der Waals surface area contributed by atoms with Crippen molar-refractivity contribution in [1.29, 1.82) is 0 Å². The van der Waals surface area contributed by atoms with Gasteiger partial charge in [-0.1, -0.05) is 19.1 Å². The molecule has 0 amide bonds. The average molecular weight is 325 g/mol. The van der Waals surface area contributed by atoms with Crippen LogP contribution in [-0.2, 0) is 19.4 Å². The van der Waals surface area contributed by atoms with Gasteiger partial charge in [0.2, 0.25) is 0 Å². The van der Waals surface area contributed by atoms with Gasteiger partial charge in [-0.2, -0.15) is 0 Å². The molecule has 0 aromatic heterocycles. The summed E-state index contributed by atoms with van der Waals surface area (Å²) in [7, 11) is -3.54. The van der Waals surface area contributed by atoms with Gasteiger partial charge in [0.25, 0.3) is 0 Å². The fourth-order valence-electron chi connectivity index (χ4n) is 3.01. The van der Waals surface area contributed by atoms with E-state index in [1.54, 1.807) is 18.2 Å². The second kappa shape index (κ2) is 6.48. The number of ketones is 1. The van der Waals surface area contributed by atoms with Crippen LogP contribution in [0.1, 0.15) is 31.7 Å². The van der Waals surface area contributed by atoms with E-state index in [1.165, 1.54) is 0 Å². The minimum Gasteiger partial charge on any atom is -0.370 e.